The number of aromatic nitrogens is 2. The maximum atomic E-state index is 12.1. The molecule has 1 unspecified atom stereocenters. The molecule has 6 nitrogen and oxygen atoms in total. The van der Waals surface area contributed by atoms with E-state index in [2.05, 4.69) is 21.9 Å². The van der Waals surface area contributed by atoms with Gasteiger partial charge in [0.05, 0.1) is 5.69 Å². The molecule has 0 saturated carbocycles. The summed E-state index contributed by atoms with van der Waals surface area (Å²) in [5.74, 6) is 0.262. The molecule has 1 fully saturated rings. The van der Waals surface area contributed by atoms with Crippen molar-refractivity contribution in [2.45, 2.75) is 19.9 Å². The maximum Gasteiger partial charge on any atom is 0.271 e. The Kier molecular flexibility index (Phi) is 4.70. The first-order valence-corrected chi connectivity index (χ1v) is 8.31. The number of hydrogen-bond donors (Lipinski definition) is 2. The van der Waals surface area contributed by atoms with Gasteiger partial charge in [-0.1, -0.05) is 6.58 Å². The molecule has 1 atom stereocenters. The molecule has 0 bridgehead atoms. The Hall–Kier alpha value is -2.89. The molecule has 1 saturated heterocycles. The van der Waals surface area contributed by atoms with Crippen LogP contribution >= 0.6 is 0 Å². The van der Waals surface area contributed by atoms with Crippen molar-refractivity contribution >= 4 is 11.6 Å². The van der Waals surface area contributed by atoms with Gasteiger partial charge in [0.15, 0.2) is 0 Å². The molecule has 130 valence electrons. The predicted octanol–water partition coefficient (Wildman–Crippen LogP) is 2.19. The van der Waals surface area contributed by atoms with Gasteiger partial charge in [-0.2, -0.15) is 0 Å². The Morgan fingerprint density at radius 1 is 1.48 bits per heavy atom. The monoisotopic (exact) mass is 338 g/mol. The summed E-state index contributed by atoms with van der Waals surface area (Å²) < 4.78 is 0. The zero-order valence-corrected chi connectivity index (χ0v) is 14.5. The van der Waals surface area contributed by atoms with Crippen molar-refractivity contribution < 1.29 is 4.79 Å². The number of likely N-dealkylation sites (tertiary alicyclic amines) is 1. The van der Waals surface area contributed by atoms with E-state index >= 15 is 0 Å². The van der Waals surface area contributed by atoms with Gasteiger partial charge in [0.1, 0.15) is 5.69 Å². The Labute approximate surface area is 146 Å². The largest absolute Gasteiger partial charge is 0.378 e. The fraction of sp³-hybridized carbons (Fsp3) is 0.316. The second-order valence-corrected chi connectivity index (χ2v) is 6.49. The highest BCUT2D eigenvalue weighted by atomic mass is 16.2. The molecule has 0 aromatic carbocycles. The number of carbonyl (C=O) groups is 1. The highest BCUT2D eigenvalue weighted by molar-refractivity contribution is 5.87. The van der Waals surface area contributed by atoms with Crippen molar-refractivity contribution in [1.82, 2.24) is 14.9 Å². The number of amides is 1. The van der Waals surface area contributed by atoms with Crippen LogP contribution in [0.4, 0.5) is 5.69 Å². The van der Waals surface area contributed by atoms with E-state index in [4.69, 9.17) is 0 Å². The minimum absolute atomic E-state index is 0.0474. The molecule has 0 aliphatic carbocycles. The van der Waals surface area contributed by atoms with Crippen molar-refractivity contribution in [3.63, 3.8) is 0 Å². The summed E-state index contributed by atoms with van der Waals surface area (Å²) in [6.07, 6.45) is 4.76. The van der Waals surface area contributed by atoms with Crippen LogP contribution in [0, 0.1) is 12.8 Å². The third-order valence-electron chi connectivity index (χ3n) is 4.60. The summed E-state index contributed by atoms with van der Waals surface area (Å²) in [4.78, 5) is 32.5. The van der Waals surface area contributed by atoms with Crippen molar-refractivity contribution in [3.8, 4) is 11.3 Å². The van der Waals surface area contributed by atoms with Gasteiger partial charge in [-0.15, -0.1) is 0 Å². The van der Waals surface area contributed by atoms with E-state index in [1.807, 2.05) is 32.0 Å². The van der Waals surface area contributed by atoms with Gasteiger partial charge in [-0.05, 0) is 43.7 Å². The number of carbonyl (C=O) groups excluding carboxylic acids is 1. The molecule has 1 aliphatic rings. The number of nitrogens with one attached hydrogen (secondary N) is 2. The highest BCUT2D eigenvalue weighted by Crippen LogP contribution is 2.23. The van der Waals surface area contributed by atoms with Crippen molar-refractivity contribution in [2.75, 3.05) is 18.4 Å². The average molecular weight is 338 g/mol. The quantitative estimate of drug-likeness (QED) is 0.819. The van der Waals surface area contributed by atoms with E-state index in [9.17, 15) is 9.59 Å². The second-order valence-electron chi connectivity index (χ2n) is 6.49. The SMILES string of the molecule is C=CC(=O)N1CC(C(C)Nc2cc(-c3cc(C)ccn3)c[nH]c2=O)C1. The van der Waals surface area contributed by atoms with Crippen LogP contribution in [0.1, 0.15) is 12.5 Å². The number of anilines is 1. The first-order valence-electron chi connectivity index (χ1n) is 8.31. The zero-order valence-electron chi connectivity index (χ0n) is 14.5. The fourth-order valence-corrected chi connectivity index (χ4v) is 2.93. The molecule has 6 heteroatoms. The fourth-order valence-electron chi connectivity index (χ4n) is 2.93. The molecule has 0 radical (unpaired) electrons. The lowest BCUT2D eigenvalue weighted by Crippen LogP contribution is -2.55. The molecule has 2 aromatic heterocycles. The molecule has 1 aliphatic heterocycles. The molecule has 25 heavy (non-hydrogen) atoms. The number of H-pyrrole nitrogens is 1. The molecule has 2 aromatic rings. The molecule has 3 heterocycles. The number of aryl methyl sites for hydroxylation is 1. The van der Waals surface area contributed by atoms with Crippen LogP contribution in [0.3, 0.4) is 0 Å². The average Bonchev–Trinajstić information content (AvgIpc) is 2.55. The van der Waals surface area contributed by atoms with Crippen molar-refractivity contribution in [3.05, 3.63) is 59.2 Å². The first-order chi connectivity index (χ1) is 12.0. The van der Waals surface area contributed by atoms with E-state index in [1.54, 1.807) is 17.3 Å². The standard InChI is InChI=1S/C19H22N4O2/c1-4-18(24)23-10-15(11-23)13(3)22-17-8-14(9-21-19(17)25)16-7-12(2)5-6-20-16/h4-9,13,15,22H,1,10-11H2,2-3H3,(H,21,25). The van der Waals surface area contributed by atoms with Gasteiger partial charge in [-0.3, -0.25) is 14.6 Å². The van der Waals surface area contributed by atoms with Crippen LogP contribution in [0.5, 0.6) is 0 Å². The van der Waals surface area contributed by atoms with E-state index < -0.39 is 0 Å². The lowest BCUT2D eigenvalue weighted by molar-refractivity contribution is -0.132. The zero-order chi connectivity index (χ0) is 18.0. The summed E-state index contributed by atoms with van der Waals surface area (Å²) >= 11 is 0. The van der Waals surface area contributed by atoms with E-state index in [0.717, 1.165) is 16.8 Å². The number of pyridine rings is 2. The molecule has 1 amide bonds. The number of rotatable bonds is 5. The van der Waals surface area contributed by atoms with Crippen molar-refractivity contribution in [1.29, 1.82) is 0 Å². The van der Waals surface area contributed by atoms with Gasteiger partial charge >= 0.3 is 0 Å². The summed E-state index contributed by atoms with van der Waals surface area (Å²) in [6, 6.07) is 5.81. The topological polar surface area (TPSA) is 78.1 Å². The van der Waals surface area contributed by atoms with Crippen LogP contribution in [0.25, 0.3) is 11.3 Å². The van der Waals surface area contributed by atoms with Gasteiger partial charge in [-0.25, -0.2) is 0 Å². The van der Waals surface area contributed by atoms with Crippen LogP contribution in [-0.2, 0) is 4.79 Å². The minimum atomic E-state index is -0.165. The maximum absolute atomic E-state index is 12.1. The lowest BCUT2D eigenvalue weighted by Gasteiger charge is -2.42. The second kappa shape index (κ2) is 6.93. The van der Waals surface area contributed by atoms with Crippen LogP contribution in [0.2, 0.25) is 0 Å². The summed E-state index contributed by atoms with van der Waals surface area (Å²) in [5.41, 5.74) is 3.14. The smallest absolute Gasteiger partial charge is 0.271 e. The summed E-state index contributed by atoms with van der Waals surface area (Å²) in [5, 5.41) is 3.28. The van der Waals surface area contributed by atoms with Crippen LogP contribution < -0.4 is 10.9 Å². The third kappa shape index (κ3) is 3.63. The molecular weight excluding hydrogens is 316 g/mol. The Bertz CT molecular complexity index is 852. The van der Waals surface area contributed by atoms with E-state index in [0.29, 0.717) is 24.7 Å². The number of hydrogen-bond acceptors (Lipinski definition) is 4. The Balaban J connectivity index is 1.72. The van der Waals surface area contributed by atoms with Gasteiger partial charge in [0, 0.05) is 43.0 Å². The molecule has 0 spiro atoms. The third-order valence-corrected chi connectivity index (χ3v) is 4.60. The lowest BCUT2D eigenvalue weighted by atomic mass is 9.92. The van der Waals surface area contributed by atoms with E-state index in [1.165, 1.54) is 6.08 Å². The van der Waals surface area contributed by atoms with E-state index in [-0.39, 0.29) is 17.5 Å². The normalized spacial score (nSPS) is 15.4. The molecule has 3 rings (SSSR count). The van der Waals surface area contributed by atoms with Crippen LogP contribution in [0.15, 0.2) is 48.0 Å². The van der Waals surface area contributed by atoms with Gasteiger partial charge < -0.3 is 15.2 Å². The van der Waals surface area contributed by atoms with Crippen molar-refractivity contribution in [2.24, 2.45) is 5.92 Å². The van der Waals surface area contributed by atoms with Gasteiger partial charge in [0.25, 0.3) is 5.56 Å². The highest BCUT2D eigenvalue weighted by Gasteiger charge is 2.33. The molecule has 2 N–H and O–H groups in total. The summed E-state index contributed by atoms with van der Waals surface area (Å²) in [6.45, 7) is 8.88. The summed E-state index contributed by atoms with van der Waals surface area (Å²) in [7, 11) is 0. The first kappa shape index (κ1) is 17.0. The number of nitrogens with zero attached hydrogens (tertiary/aromatic N) is 2. The predicted molar refractivity (Wildman–Crippen MR) is 98.4 cm³/mol. The van der Waals surface area contributed by atoms with Gasteiger partial charge in [0.2, 0.25) is 5.91 Å². The Morgan fingerprint density at radius 3 is 2.92 bits per heavy atom. The molecular formula is C19H22N4O2. The number of aromatic amines is 1. The van der Waals surface area contributed by atoms with Crippen LogP contribution in [-0.4, -0.2) is 39.9 Å². The minimum Gasteiger partial charge on any atom is -0.378 e. The Morgan fingerprint density at radius 2 is 2.24 bits per heavy atom.